The Morgan fingerprint density at radius 1 is 1.00 bits per heavy atom. The van der Waals surface area contributed by atoms with Crippen molar-refractivity contribution in [2.45, 2.75) is 24.4 Å². The number of hydrogen-bond donors (Lipinski definition) is 0. The third-order valence-corrected chi connectivity index (χ3v) is 5.97. The number of aromatic nitrogens is 2. The van der Waals surface area contributed by atoms with Crippen LogP contribution >= 0.6 is 11.8 Å². The molecule has 0 N–H and O–H groups in total. The van der Waals surface area contributed by atoms with E-state index in [1.807, 2.05) is 61.5 Å². The highest BCUT2D eigenvalue weighted by Gasteiger charge is 2.13. The van der Waals surface area contributed by atoms with Crippen molar-refractivity contribution >= 4 is 33.4 Å². The molecule has 1 heterocycles. The zero-order chi connectivity index (χ0) is 20.4. The predicted octanol–water partition coefficient (Wildman–Crippen LogP) is 4.88. The first-order valence-electron chi connectivity index (χ1n) is 9.41. The fraction of sp³-hybridized carbons (Fsp3) is 0.217. The summed E-state index contributed by atoms with van der Waals surface area (Å²) in [5, 5.41) is 3.47. The molecule has 0 aliphatic rings. The molecule has 0 radical (unpaired) electrons. The molecule has 0 fully saturated rings. The van der Waals surface area contributed by atoms with Crippen molar-refractivity contribution < 1.29 is 9.47 Å². The summed E-state index contributed by atoms with van der Waals surface area (Å²) < 4.78 is 12.5. The molecule has 0 saturated carbocycles. The number of thioether (sulfide) groups is 1. The van der Waals surface area contributed by atoms with E-state index in [1.54, 1.807) is 18.8 Å². The fourth-order valence-corrected chi connectivity index (χ4v) is 4.45. The van der Waals surface area contributed by atoms with Crippen LogP contribution < -0.4 is 15.0 Å². The number of fused-ring (bicyclic) bond motifs is 2. The van der Waals surface area contributed by atoms with Crippen molar-refractivity contribution in [3.8, 4) is 11.5 Å². The number of benzene rings is 3. The molecule has 0 spiro atoms. The van der Waals surface area contributed by atoms with E-state index in [1.165, 1.54) is 11.8 Å². The molecule has 0 aliphatic heterocycles. The Bertz CT molecular complexity index is 1250. The lowest BCUT2D eigenvalue weighted by molar-refractivity contribution is 0.400. The average molecular weight is 407 g/mol. The van der Waals surface area contributed by atoms with Crippen molar-refractivity contribution in [3.05, 3.63) is 70.5 Å². The van der Waals surface area contributed by atoms with Crippen LogP contribution in [-0.2, 0) is 12.3 Å². The van der Waals surface area contributed by atoms with Gasteiger partial charge in [0.15, 0.2) is 5.16 Å². The predicted molar refractivity (Wildman–Crippen MR) is 118 cm³/mol. The molecule has 0 saturated heterocycles. The summed E-state index contributed by atoms with van der Waals surface area (Å²) in [4.78, 5) is 17.9. The van der Waals surface area contributed by atoms with E-state index in [2.05, 4.69) is 0 Å². The zero-order valence-electron chi connectivity index (χ0n) is 16.6. The molecular weight excluding hydrogens is 384 g/mol. The van der Waals surface area contributed by atoms with Gasteiger partial charge in [-0.2, -0.15) is 0 Å². The summed E-state index contributed by atoms with van der Waals surface area (Å²) in [7, 11) is 3.29. The Kier molecular flexibility index (Phi) is 5.45. The molecule has 6 heteroatoms. The molecule has 29 heavy (non-hydrogen) atoms. The van der Waals surface area contributed by atoms with Gasteiger partial charge in [-0.3, -0.25) is 9.36 Å². The Morgan fingerprint density at radius 3 is 2.45 bits per heavy atom. The van der Waals surface area contributed by atoms with Crippen LogP contribution in [0.2, 0.25) is 0 Å². The Hall–Kier alpha value is -2.99. The van der Waals surface area contributed by atoms with Crippen LogP contribution in [0.4, 0.5) is 0 Å². The minimum atomic E-state index is -0.0108. The second-order valence-electron chi connectivity index (χ2n) is 6.63. The monoisotopic (exact) mass is 406 g/mol. The summed E-state index contributed by atoms with van der Waals surface area (Å²) in [6, 6.07) is 17.7. The molecule has 0 unspecified atom stereocenters. The second kappa shape index (κ2) is 8.17. The van der Waals surface area contributed by atoms with E-state index < -0.39 is 0 Å². The van der Waals surface area contributed by atoms with Gasteiger partial charge in [-0.1, -0.05) is 36.0 Å². The van der Waals surface area contributed by atoms with E-state index in [0.717, 1.165) is 33.4 Å². The standard InChI is InChI=1S/C23H22N2O3S/c1-4-25-22(26)19-12-15-7-5-6-8-16(15)13-20(19)24-23(25)29-14-17-11-18(27-2)9-10-21(17)28-3/h5-13H,4,14H2,1-3H3. The first-order valence-corrected chi connectivity index (χ1v) is 10.4. The van der Waals surface area contributed by atoms with E-state index in [4.69, 9.17) is 14.5 Å². The van der Waals surface area contributed by atoms with Crippen molar-refractivity contribution in [2.24, 2.45) is 0 Å². The van der Waals surface area contributed by atoms with Crippen LogP contribution in [0.1, 0.15) is 12.5 Å². The molecule has 4 rings (SSSR count). The lowest BCUT2D eigenvalue weighted by Crippen LogP contribution is -2.22. The Balaban J connectivity index is 1.77. The number of ether oxygens (including phenoxy) is 2. The van der Waals surface area contributed by atoms with Gasteiger partial charge in [-0.05, 0) is 48.0 Å². The van der Waals surface area contributed by atoms with E-state index >= 15 is 0 Å². The van der Waals surface area contributed by atoms with Crippen LogP contribution in [0.15, 0.2) is 64.5 Å². The fourth-order valence-electron chi connectivity index (χ4n) is 3.41. The van der Waals surface area contributed by atoms with Crippen LogP contribution in [0, 0.1) is 0 Å². The van der Waals surface area contributed by atoms with Crippen molar-refractivity contribution in [1.82, 2.24) is 9.55 Å². The van der Waals surface area contributed by atoms with Gasteiger partial charge in [0.2, 0.25) is 0 Å². The van der Waals surface area contributed by atoms with Gasteiger partial charge in [-0.25, -0.2) is 4.98 Å². The highest BCUT2D eigenvalue weighted by atomic mass is 32.2. The quantitative estimate of drug-likeness (QED) is 0.260. The summed E-state index contributed by atoms with van der Waals surface area (Å²) in [6.07, 6.45) is 0. The minimum absolute atomic E-state index is 0.0108. The smallest absolute Gasteiger partial charge is 0.262 e. The summed E-state index contributed by atoms with van der Waals surface area (Å²) in [6.45, 7) is 2.53. The molecule has 5 nitrogen and oxygen atoms in total. The first-order chi connectivity index (χ1) is 14.1. The van der Waals surface area contributed by atoms with Crippen LogP contribution in [0.3, 0.4) is 0 Å². The largest absolute Gasteiger partial charge is 0.497 e. The maximum Gasteiger partial charge on any atom is 0.262 e. The number of nitrogens with zero attached hydrogens (tertiary/aromatic N) is 2. The summed E-state index contributed by atoms with van der Waals surface area (Å²) in [5.74, 6) is 2.18. The molecular formula is C23H22N2O3S. The molecule has 0 aliphatic carbocycles. The highest BCUT2D eigenvalue weighted by Crippen LogP contribution is 2.31. The topological polar surface area (TPSA) is 53.4 Å². The van der Waals surface area contributed by atoms with Gasteiger partial charge in [0, 0.05) is 17.9 Å². The van der Waals surface area contributed by atoms with Crippen molar-refractivity contribution in [1.29, 1.82) is 0 Å². The summed E-state index contributed by atoms with van der Waals surface area (Å²) in [5.41, 5.74) is 1.70. The van der Waals surface area contributed by atoms with Crippen LogP contribution in [-0.4, -0.2) is 23.8 Å². The Labute approximate surface area is 173 Å². The average Bonchev–Trinajstić information content (AvgIpc) is 2.76. The van der Waals surface area contributed by atoms with Crippen molar-refractivity contribution in [3.63, 3.8) is 0 Å². The van der Waals surface area contributed by atoms with Crippen molar-refractivity contribution in [2.75, 3.05) is 14.2 Å². The first kappa shape index (κ1) is 19.3. The Morgan fingerprint density at radius 2 is 1.76 bits per heavy atom. The molecule has 0 atom stereocenters. The maximum atomic E-state index is 13.1. The van der Waals surface area contributed by atoms with Crippen LogP contribution in [0.25, 0.3) is 21.7 Å². The minimum Gasteiger partial charge on any atom is -0.497 e. The molecule has 1 aromatic heterocycles. The van der Waals surface area contributed by atoms with Crippen LogP contribution in [0.5, 0.6) is 11.5 Å². The van der Waals surface area contributed by atoms with Gasteiger partial charge in [-0.15, -0.1) is 0 Å². The lowest BCUT2D eigenvalue weighted by Gasteiger charge is -2.13. The third-order valence-electron chi connectivity index (χ3n) is 4.95. The SMILES string of the molecule is CCn1c(SCc2cc(OC)ccc2OC)nc2cc3ccccc3cc2c1=O. The second-order valence-corrected chi connectivity index (χ2v) is 7.57. The number of rotatable bonds is 6. The van der Waals surface area contributed by atoms with E-state index in [-0.39, 0.29) is 5.56 Å². The third kappa shape index (κ3) is 3.68. The highest BCUT2D eigenvalue weighted by molar-refractivity contribution is 7.98. The molecule has 4 aromatic rings. The number of methoxy groups -OCH3 is 2. The number of hydrogen-bond acceptors (Lipinski definition) is 5. The zero-order valence-corrected chi connectivity index (χ0v) is 17.5. The van der Waals surface area contributed by atoms with E-state index in [0.29, 0.717) is 22.8 Å². The van der Waals surface area contributed by atoms with E-state index in [9.17, 15) is 4.79 Å². The lowest BCUT2D eigenvalue weighted by atomic mass is 10.1. The normalized spacial score (nSPS) is 11.1. The maximum absolute atomic E-state index is 13.1. The molecule has 0 amide bonds. The van der Waals surface area contributed by atoms with Gasteiger partial charge in [0.1, 0.15) is 11.5 Å². The summed E-state index contributed by atoms with van der Waals surface area (Å²) >= 11 is 1.52. The molecule has 148 valence electrons. The molecule has 0 bridgehead atoms. The van der Waals surface area contributed by atoms with Gasteiger partial charge >= 0.3 is 0 Å². The van der Waals surface area contributed by atoms with Gasteiger partial charge in [0.25, 0.3) is 5.56 Å². The van der Waals surface area contributed by atoms with Gasteiger partial charge < -0.3 is 9.47 Å². The van der Waals surface area contributed by atoms with Gasteiger partial charge in [0.05, 0.1) is 25.1 Å². The molecule has 3 aromatic carbocycles.